The molecule has 21 heavy (non-hydrogen) atoms. The molecular weight excluding hydrogens is 262 g/mol. The molecule has 2 aromatic carbocycles. The Labute approximate surface area is 126 Å². The molecule has 0 aromatic heterocycles. The van der Waals surface area contributed by atoms with E-state index >= 15 is 0 Å². The lowest BCUT2D eigenvalue weighted by Gasteiger charge is -2.28. The fourth-order valence-corrected chi connectivity index (χ4v) is 2.90. The van der Waals surface area contributed by atoms with Gasteiger partial charge in [0.05, 0.1) is 6.61 Å². The molecule has 1 aliphatic rings. The van der Waals surface area contributed by atoms with E-state index in [-0.39, 0.29) is 5.60 Å². The van der Waals surface area contributed by atoms with Crippen molar-refractivity contribution in [3.05, 3.63) is 48.0 Å². The third kappa shape index (κ3) is 3.10. The predicted octanol–water partition coefficient (Wildman–Crippen LogP) is 3.30. The van der Waals surface area contributed by atoms with E-state index in [0.717, 1.165) is 19.6 Å². The van der Waals surface area contributed by atoms with Gasteiger partial charge in [-0.1, -0.05) is 36.4 Å². The fourth-order valence-electron chi connectivity index (χ4n) is 2.90. The molecule has 3 nitrogen and oxygen atoms in total. The minimum Gasteiger partial charge on any atom is -0.378 e. The maximum absolute atomic E-state index is 5.67. The van der Waals surface area contributed by atoms with E-state index in [0.29, 0.717) is 12.6 Å². The summed E-state index contributed by atoms with van der Waals surface area (Å²) in [7, 11) is 1.77. The van der Waals surface area contributed by atoms with Gasteiger partial charge in [-0.25, -0.2) is 0 Å². The second-order valence-electron chi connectivity index (χ2n) is 5.90. The van der Waals surface area contributed by atoms with Crippen molar-refractivity contribution in [2.75, 3.05) is 26.9 Å². The van der Waals surface area contributed by atoms with Crippen LogP contribution < -0.4 is 5.32 Å². The van der Waals surface area contributed by atoms with E-state index in [1.165, 1.54) is 16.3 Å². The molecule has 0 aliphatic carbocycles. The van der Waals surface area contributed by atoms with Crippen molar-refractivity contribution in [2.24, 2.45) is 0 Å². The predicted molar refractivity (Wildman–Crippen MR) is 85.5 cm³/mol. The van der Waals surface area contributed by atoms with Gasteiger partial charge in [0.1, 0.15) is 5.60 Å². The van der Waals surface area contributed by atoms with E-state index in [9.17, 15) is 0 Å². The Morgan fingerprint density at radius 1 is 1.24 bits per heavy atom. The topological polar surface area (TPSA) is 30.5 Å². The second kappa shape index (κ2) is 6.14. The van der Waals surface area contributed by atoms with Gasteiger partial charge in [-0.2, -0.15) is 0 Å². The third-order valence-electron chi connectivity index (χ3n) is 4.50. The molecule has 2 unspecified atom stereocenters. The van der Waals surface area contributed by atoms with Crippen molar-refractivity contribution in [2.45, 2.75) is 25.0 Å². The minimum atomic E-state index is -0.162. The molecule has 2 atom stereocenters. The molecule has 1 saturated heterocycles. The number of nitrogens with one attached hydrogen (secondary N) is 1. The summed E-state index contributed by atoms with van der Waals surface area (Å²) in [5.41, 5.74) is 1.14. The number of hydrogen-bond donors (Lipinski definition) is 1. The van der Waals surface area contributed by atoms with Crippen LogP contribution in [0.1, 0.15) is 24.9 Å². The maximum Gasteiger partial charge on any atom is 0.106 e. The summed E-state index contributed by atoms with van der Waals surface area (Å²) >= 11 is 0. The number of ether oxygens (including phenoxy) is 2. The van der Waals surface area contributed by atoms with Crippen molar-refractivity contribution < 1.29 is 9.47 Å². The number of methoxy groups -OCH3 is 1. The first-order valence-corrected chi connectivity index (χ1v) is 7.57. The molecule has 0 spiro atoms. The second-order valence-corrected chi connectivity index (χ2v) is 5.90. The van der Waals surface area contributed by atoms with Gasteiger partial charge in [0, 0.05) is 32.7 Å². The van der Waals surface area contributed by atoms with E-state index in [4.69, 9.17) is 9.47 Å². The number of hydrogen-bond acceptors (Lipinski definition) is 3. The van der Waals surface area contributed by atoms with Crippen molar-refractivity contribution in [3.8, 4) is 0 Å². The van der Waals surface area contributed by atoms with Gasteiger partial charge in [0.25, 0.3) is 0 Å². The largest absolute Gasteiger partial charge is 0.378 e. The summed E-state index contributed by atoms with van der Waals surface area (Å²) in [6, 6.07) is 15.4. The van der Waals surface area contributed by atoms with Crippen LogP contribution in [-0.4, -0.2) is 32.5 Å². The Morgan fingerprint density at radius 3 is 2.76 bits per heavy atom. The highest BCUT2D eigenvalue weighted by molar-refractivity contribution is 5.83. The van der Waals surface area contributed by atoms with Crippen LogP contribution >= 0.6 is 0 Å². The molecule has 0 radical (unpaired) electrons. The number of fused-ring (bicyclic) bond motifs is 1. The average Bonchev–Trinajstić information content (AvgIpc) is 3.01. The van der Waals surface area contributed by atoms with Gasteiger partial charge in [0.15, 0.2) is 0 Å². The summed E-state index contributed by atoms with van der Waals surface area (Å²) in [5.74, 6) is 0. The lowest BCUT2D eigenvalue weighted by molar-refractivity contribution is -0.0172. The molecule has 0 saturated carbocycles. The smallest absolute Gasteiger partial charge is 0.106 e. The normalized spacial score (nSPS) is 23.5. The number of rotatable bonds is 5. The summed E-state index contributed by atoms with van der Waals surface area (Å²) in [5, 5.41) is 6.16. The van der Waals surface area contributed by atoms with Crippen LogP contribution in [0.4, 0.5) is 0 Å². The molecule has 1 heterocycles. The van der Waals surface area contributed by atoms with Crippen molar-refractivity contribution in [1.82, 2.24) is 5.32 Å². The lowest BCUT2D eigenvalue weighted by Crippen LogP contribution is -2.43. The Morgan fingerprint density at radius 2 is 2.05 bits per heavy atom. The van der Waals surface area contributed by atoms with Crippen LogP contribution in [-0.2, 0) is 9.47 Å². The van der Waals surface area contributed by atoms with Crippen LogP contribution in [0, 0.1) is 0 Å². The summed E-state index contributed by atoms with van der Waals surface area (Å²) < 4.78 is 11.1. The lowest BCUT2D eigenvalue weighted by atomic mass is 10.00. The quantitative estimate of drug-likeness (QED) is 0.914. The zero-order valence-corrected chi connectivity index (χ0v) is 12.8. The first-order valence-electron chi connectivity index (χ1n) is 7.57. The van der Waals surface area contributed by atoms with Crippen LogP contribution in [0.2, 0.25) is 0 Å². The van der Waals surface area contributed by atoms with Gasteiger partial charge in [0.2, 0.25) is 0 Å². The summed E-state index contributed by atoms with van der Waals surface area (Å²) in [4.78, 5) is 0. The van der Waals surface area contributed by atoms with Gasteiger partial charge >= 0.3 is 0 Å². The molecule has 1 N–H and O–H groups in total. The molecule has 3 rings (SSSR count). The van der Waals surface area contributed by atoms with E-state index in [2.05, 4.69) is 54.7 Å². The first kappa shape index (κ1) is 14.5. The monoisotopic (exact) mass is 285 g/mol. The highest BCUT2D eigenvalue weighted by Crippen LogP contribution is 2.24. The Balaban J connectivity index is 1.70. The molecule has 0 amide bonds. The van der Waals surface area contributed by atoms with Crippen molar-refractivity contribution in [1.29, 1.82) is 0 Å². The van der Waals surface area contributed by atoms with Gasteiger partial charge in [-0.15, -0.1) is 0 Å². The fraction of sp³-hybridized carbons (Fsp3) is 0.444. The van der Waals surface area contributed by atoms with E-state index in [1.807, 2.05) is 0 Å². The summed E-state index contributed by atoms with van der Waals surface area (Å²) in [6.07, 6.45) is 0.959. The molecular formula is C18H23NO2. The molecule has 112 valence electrons. The first-order chi connectivity index (χ1) is 10.2. The van der Waals surface area contributed by atoms with Crippen LogP contribution in [0.15, 0.2) is 42.5 Å². The standard InChI is InChI=1S/C18H23NO2/c1-14(19-12-18(20-2)9-10-21-13-18)16-8-7-15-5-3-4-6-17(15)11-16/h3-8,11,14,19H,9-10,12-13H2,1-2H3. The third-order valence-corrected chi connectivity index (χ3v) is 4.50. The highest BCUT2D eigenvalue weighted by Gasteiger charge is 2.34. The van der Waals surface area contributed by atoms with Gasteiger partial charge in [-0.05, 0) is 29.3 Å². The maximum atomic E-state index is 5.67. The minimum absolute atomic E-state index is 0.162. The van der Waals surface area contributed by atoms with Crippen LogP contribution in [0.5, 0.6) is 0 Å². The molecule has 1 aliphatic heterocycles. The zero-order chi connectivity index (χ0) is 14.7. The number of benzene rings is 2. The molecule has 3 heteroatoms. The van der Waals surface area contributed by atoms with Crippen molar-refractivity contribution in [3.63, 3.8) is 0 Å². The SMILES string of the molecule is COC1(CNC(C)c2ccc3ccccc3c2)CCOC1. The highest BCUT2D eigenvalue weighted by atomic mass is 16.5. The Kier molecular flexibility index (Phi) is 4.24. The molecule has 1 fully saturated rings. The van der Waals surface area contributed by atoms with Crippen LogP contribution in [0.3, 0.4) is 0 Å². The zero-order valence-electron chi connectivity index (χ0n) is 12.8. The molecule has 2 aromatic rings. The van der Waals surface area contributed by atoms with Gasteiger partial charge < -0.3 is 14.8 Å². The molecule has 0 bridgehead atoms. The van der Waals surface area contributed by atoms with Crippen molar-refractivity contribution >= 4 is 10.8 Å². The Hall–Kier alpha value is -1.42. The van der Waals surface area contributed by atoms with Gasteiger partial charge in [-0.3, -0.25) is 0 Å². The van der Waals surface area contributed by atoms with Crippen LogP contribution in [0.25, 0.3) is 10.8 Å². The summed E-state index contributed by atoms with van der Waals surface area (Å²) in [6.45, 7) is 4.49. The van der Waals surface area contributed by atoms with E-state index < -0.39 is 0 Å². The van der Waals surface area contributed by atoms with E-state index in [1.54, 1.807) is 7.11 Å². The average molecular weight is 285 g/mol. The Bertz CT molecular complexity index is 605.